The van der Waals surface area contributed by atoms with Crippen molar-refractivity contribution in [3.63, 3.8) is 0 Å². The van der Waals surface area contributed by atoms with E-state index in [4.69, 9.17) is 5.73 Å². The predicted octanol–water partition coefficient (Wildman–Crippen LogP) is 1.69. The van der Waals surface area contributed by atoms with Crippen molar-refractivity contribution in [1.82, 2.24) is 10.3 Å². The van der Waals surface area contributed by atoms with Crippen LogP contribution < -0.4 is 11.1 Å². The summed E-state index contributed by atoms with van der Waals surface area (Å²) < 4.78 is 0. The van der Waals surface area contributed by atoms with Gasteiger partial charge >= 0.3 is 0 Å². The molecule has 94 valence electrons. The number of hydrogen-bond acceptors (Lipinski definition) is 4. The van der Waals surface area contributed by atoms with Crippen molar-refractivity contribution in [3.8, 4) is 0 Å². The number of hydrogen-bond donors (Lipinski definition) is 2. The number of nitrogens with two attached hydrogens (primary N) is 1. The first kappa shape index (κ1) is 12.5. The smallest absolute Gasteiger partial charge is 0.220 e. The minimum absolute atomic E-state index is 0.100. The number of carbonyl (C=O) groups is 1. The van der Waals surface area contributed by atoms with Crippen LogP contribution in [0.4, 0.5) is 0 Å². The van der Waals surface area contributed by atoms with E-state index in [-0.39, 0.29) is 11.4 Å². The number of aromatic nitrogens is 1. The zero-order valence-corrected chi connectivity index (χ0v) is 11.0. The molecule has 5 heteroatoms. The molecular weight excluding hydrogens is 234 g/mol. The van der Waals surface area contributed by atoms with E-state index >= 15 is 0 Å². The Morgan fingerprint density at radius 1 is 1.65 bits per heavy atom. The summed E-state index contributed by atoms with van der Waals surface area (Å²) in [5.41, 5.74) is 6.27. The second-order valence-corrected chi connectivity index (χ2v) is 5.53. The van der Waals surface area contributed by atoms with E-state index in [1.54, 1.807) is 11.3 Å². The highest BCUT2D eigenvalue weighted by atomic mass is 32.1. The highest BCUT2D eigenvalue weighted by molar-refractivity contribution is 7.09. The summed E-state index contributed by atoms with van der Waals surface area (Å²) in [6.07, 6.45) is 4.44. The van der Waals surface area contributed by atoms with Crippen molar-refractivity contribution in [2.75, 3.05) is 6.54 Å². The average Bonchev–Trinajstić information content (AvgIpc) is 2.67. The molecule has 17 heavy (non-hydrogen) atoms. The Morgan fingerprint density at radius 3 is 2.88 bits per heavy atom. The molecule has 2 rings (SSSR count). The topological polar surface area (TPSA) is 68.0 Å². The highest BCUT2D eigenvalue weighted by Crippen LogP contribution is 2.42. The van der Waals surface area contributed by atoms with Gasteiger partial charge in [0.1, 0.15) is 5.01 Å². The Morgan fingerprint density at radius 2 is 2.41 bits per heavy atom. The lowest BCUT2D eigenvalue weighted by molar-refractivity contribution is -0.124. The maximum atomic E-state index is 11.8. The van der Waals surface area contributed by atoms with Gasteiger partial charge in [0.2, 0.25) is 5.91 Å². The van der Waals surface area contributed by atoms with Crippen molar-refractivity contribution >= 4 is 17.2 Å². The zero-order valence-electron chi connectivity index (χ0n) is 10.2. The molecule has 1 fully saturated rings. The fraction of sp³-hybridized carbons (Fsp3) is 0.667. The fourth-order valence-electron chi connectivity index (χ4n) is 2.09. The Hall–Kier alpha value is -0.940. The summed E-state index contributed by atoms with van der Waals surface area (Å²) in [7, 11) is 0. The molecule has 0 radical (unpaired) electrons. The lowest BCUT2D eigenvalue weighted by Gasteiger charge is -2.40. The molecule has 4 nitrogen and oxygen atoms in total. The number of nitrogens with zero attached hydrogens (tertiary/aromatic N) is 1. The first-order valence-corrected chi connectivity index (χ1v) is 6.98. The molecule has 1 saturated carbocycles. The molecule has 0 aliphatic heterocycles. The number of amides is 1. The molecule has 3 N–H and O–H groups in total. The van der Waals surface area contributed by atoms with Crippen LogP contribution in [0.3, 0.4) is 0 Å². The van der Waals surface area contributed by atoms with Gasteiger partial charge in [-0.3, -0.25) is 4.79 Å². The first-order valence-electron chi connectivity index (χ1n) is 6.10. The van der Waals surface area contributed by atoms with Crippen LogP contribution in [-0.2, 0) is 10.3 Å². The van der Waals surface area contributed by atoms with Crippen LogP contribution in [0.5, 0.6) is 0 Å². The molecule has 1 amide bonds. The second kappa shape index (κ2) is 5.14. The van der Waals surface area contributed by atoms with Crippen LogP contribution in [0, 0.1) is 6.92 Å². The third kappa shape index (κ3) is 2.66. The largest absolute Gasteiger partial charge is 0.344 e. The molecule has 1 aliphatic carbocycles. The predicted molar refractivity (Wildman–Crippen MR) is 68.8 cm³/mol. The van der Waals surface area contributed by atoms with E-state index in [2.05, 4.69) is 10.3 Å². The Kier molecular flexibility index (Phi) is 3.79. The second-order valence-electron chi connectivity index (χ2n) is 4.67. The van der Waals surface area contributed by atoms with Crippen molar-refractivity contribution in [1.29, 1.82) is 0 Å². The first-order chi connectivity index (χ1) is 8.16. The number of nitrogens with one attached hydrogen (secondary N) is 1. The third-order valence-corrected chi connectivity index (χ3v) is 4.39. The van der Waals surface area contributed by atoms with Gasteiger partial charge in [-0.1, -0.05) is 0 Å². The summed E-state index contributed by atoms with van der Waals surface area (Å²) >= 11 is 1.65. The van der Waals surface area contributed by atoms with E-state index < -0.39 is 0 Å². The molecular formula is C12H19N3OS. The van der Waals surface area contributed by atoms with Gasteiger partial charge in [0.15, 0.2) is 0 Å². The molecule has 1 aromatic heterocycles. The molecule has 1 aromatic rings. The Balaban J connectivity index is 2.02. The quantitative estimate of drug-likeness (QED) is 0.839. The lowest BCUT2D eigenvalue weighted by Crippen LogP contribution is -2.50. The number of thiazole rings is 1. The molecule has 1 heterocycles. The van der Waals surface area contributed by atoms with Crippen LogP contribution in [0.2, 0.25) is 0 Å². The normalized spacial score (nSPS) is 17.5. The minimum atomic E-state index is -0.176. The number of rotatable bonds is 5. The van der Waals surface area contributed by atoms with E-state index in [1.165, 1.54) is 0 Å². The van der Waals surface area contributed by atoms with Crippen LogP contribution in [0.15, 0.2) is 5.38 Å². The third-order valence-electron chi connectivity index (χ3n) is 3.22. The van der Waals surface area contributed by atoms with Gasteiger partial charge in [0.25, 0.3) is 0 Å². The van der Waals surface area contributed by atoms with Gasteiger partial charge in [-0.15, -0.1) is 11.3 Å². The van der Waals surface area contributed by atoms with Crippen LogP contribution in [0.1, 0.15) is 42.8 Å². The lowest BCUT2D eigenvalue weighted by atomic mass is 9.77. The summed E-state index contributed by atoms with van der Waals surface area (Å²) in [5, 5.41) is 6.25. The summed E-state index contributed by atoms with van der Waals surface area (Å²) in [4.78, 5) is 16.3. The summed E-state index contributed by atoms with van der Waals surface area (Å²) in [5.74, 6) is 0.100. The van der Waals surface area contributed by atoms with Gasteiger partial charge in [0.05, 0.1) is 5.54 Å². The SMILES string of the molecule is Cc1csc(C2(NC(=O)CCCN)CCC2)n1. The van der Waals surface area contributed by atoms with E-state index in [1.807, 2.05) is 12.3 Å². The maximum Gasteiger partial charge on any atom is 0.220 e. The number of aryl methyl sites for hydroxylation is 1. The van der Waals surface area contributed by atoms with Gasteiger partial charge in [-0.2, -0.15) is 0 Å². The van der Waals surface area contributed by atoms with Gasteiger partial charge in [-0.25, -0.2) is 4.98 Å². The average molecular weight is 253 g/mol. The van der Waals surface area contributed by atoms with Crippen LogP contribution in [-0.4, -0.2) is 17.4 Å². The van der Waals surface area contributed by atoms with Crippen molar-refractivity contribution in [3.05, 3.63) is 16.1 Å². The Labute approximate surface area is 106 Å². The van der Waals surface area contributed by atoms with E-state index in [0.717, 1.165) is 36.4 Å². The minimum Gasteiger partial charge on any atom is -0.344 e. The van der Waals surface area contributed by atoms with Gasteiger partial charge in [-0.05, 0) is 39.2 Å². The van der Waals surface area contributed by atoms with Crippen LogP contribution in [0.25, 0.3) is 0 Å². The molecule has 0 unspecified atom stereocenters. The molecule has 1 aliphatic rings. The molecule has 0 saturated heterocycles. The summed E-state index contributed by atoms with van der Waals surface area (Å²) in [6, 6.07) is 0. The van der Waals surface area contributed by atoms with Crippen molar-refractivity contribution < 1.29 is 4.79 Å². The van der Waals surface area contributed by atoms with E-state index in [0.29, 0.717) is 13.0 Å². The van der Waals surface area contributed by atoms with E-state index in [9.17, 15) is 4.79 Å². The van der Waals surface area contributed by atoms with Crippen molar-refractivity contribution in [2.45, 2.75) is 44.6 Å². The maximum absolute atomic E-state index is 11.8. The zero-order chi connectivity index (χ0) is 12.3. The molecule has 0 spiro atoms. The van der Waals surface area contributed by atoms with Crippen molar-refractivity contribution in [2.24, 2.45) is 5.73 Å². The Bertz CT molecular complexity index is 398. The van der Waals surface area contributed by atoms with Gasteiger partial charge in [0, 0.05) is 17.5 Å². The van der Waals surface area contributed by atoms with Gasteiger partial charge < -0.3 is 11.1 Å². The summed E-state index contributed by atoms with van der Waals surface area (Å²) in [6.45, 7) is 2.55. The fourth-order valence-corrected chi connectivity index (χ4v) is 3.10. The van der Waals surface area contributed by atoms with Crippen LogP contribution >= 0.6 is 11.3 Å². The molecule has 0 bridgehead atoms. The molecule has 0 aromatic carbocycles. The standard InChI is InChI=1S/C12H19N3OS/c1-9-8-17-11(14-9)12(5-3-6-12)15-10(16)4-2-7-13/h8H,2-7,13H2,1H3,(H,15,16). The highest BCUT2D eigenvalue weighted by Gasteiger charge is 2.42. The monoisotopic (exact) mass is 253 g/mol. The number of carbonyl (C=O) groups excluding carboxylic acids is 1. The molecule has 0 atom stereocenters.